The minimum Gasteiger partial charge on any atom is -0.452 e. The number of anilines is 1. The van der Waals surface area contributed by atoms with Crippen molar-refractivity contribution in [1.29, 1.82) is 0 Å². The van der Waals surface area contributed by atoms with Crippen LogP contribution >= 0.6 is 0 Å². The van der Waals surface area contributed by atoms with E-state index in [0.29, 0.717) is 12.8 Å². The molecule has 0 aromatic heterocycles. The van der Waals surface area contributed by atoms with Crippen LogP contribution in [0.3, 0.4) is 0 Å². The maximum Gasteiger partial charge on any atom is 0.418 e. The lowest BCUT2D eigenvalue weighted by atomic mass is 9.67. The van der Waals surface area contributed by atoms with Crippen molar-refractivity contribution < 1.29 is 32.3 Å². The molecule has 2 aliphatic rings. The van der Waals surface area contributed by atoms with Crippen LogP contribution in [-0.4, -0.2) is 23.8 Å². The molecule has 4 atom stereocenters. The SMILES string of the molecule is C[C@@H](OC(=O)C1C[C@H]2CCC[C@@H](C1)C2=O)C(=O)Nc1ccccc1C(F)(F)F. The molecule has 0 spiro atoms. The van der Waals surface area contributed by atoms with E-state index in [4.69, 9.17) is 4.74 Å². The second kappa shape index (κ2) is 7.93. The van der Waals surface area contributed by atoms with Crippen molar-refractivity contribution in [3.63, 3.8) is 0 Å². The second-order valence-electron chi connectivity index (χ2n) is 7.51. The molecule has 2 bridgehead atoms. The molecule has 3 rings (SSSR count). The fourth-order valence-corrected chi connectivity index (χ4v) is 4.07. The van der Waals surface area contributed by atoms with Gasteiger partial charge in [0.05, 0.1) is 17.2 Å². The number of ether oxygens (including phenoxy) is 1. The van der Waals surface area contributed by atoms with Crippen molar-refractivity contribution in [1.82, 2.24) is 0 Å². The van der Waals surface area contributed by atoms with E-state index in [-0.39, 0.29) is 23.3 Å². The Balaban J connectivity index is 1.61. The van der Waals surface area contributed by atoms with E-state index < -0.39 is 35.6 Å². The molecule has 1 amide bonds. The number of ketones is 1. The van der Waals surface area contributed by atoms with Gasteiger partial charge in [-0.25, -0.2) is 0 Å². The fraction of sp³-hybridized carbons (Fsp3) is 0.550. The molecule has 8 heteroatoms. The lowest BCUT2D eigenvalue weighted by molar-refractivity contribution is -0.161. The Hall–Kier alpha value is -2.38. The van der Waals surface area contributed by atoms with Gasteiger partial charge in [-0.3, -0.25) is 14.4 Å². The van der Waals surface area contributed by atoms with E-state index in [2.05, 4.69) is 5.32 Å². The first-order chi connectivity index (χ1) is 13.2. The number of rotatable bonds is 4. The van der Waals surface area contributed by atoms with E-state index in [1.807, 2.05) is 0 Å². The summed E-state index contributed by atoms with van der Waals surface area (Å²) in [6.07, 6.45) is -2.52. The third-order valence-electron chi connectivity index (χ3n) is 5.53. The van der Waals surface area contributed by atoms with E-state index in [1.165, 1.54) is 19.1 Å². The zero-order valence-electron chi connectivity index (χ0n) is 15.4. The number of Topliss-reactive ketones (excluding diaryl/α,β-unsaturated/α-hetero) is 1. The molecule has 0 radical (unpaired) electrons. The summed E-state index contributed by atoms with van der Waals surface area (Å²) in [7, 11) is 0. The Kier molecular flexibility index (Phi) is 5.76. The number of benzene rings is 1. The van der Waals surface area contributed by atoms with E-state index in [1.54, 1.807) is 0 Å². The Morgan fingerprint density at radius 1 is 1.14 bits per heavy atom. The number of esters is 1. The maximum atomic E-state index is 13.0. The van der Waals surface area contributed by atoms with Crippen LogP contribution in [0.1, 0.15) is 44.6 Å². The van der Waals surface area contributed by atoms with Gasteiger partial charge in [-0.15, -0.1) is 0 Å². The van der Waals surface area contributed by atoms with Crippen molar-refractivity contribution in [3.8, 4) is 0 Å². The number of halogens is 3. The molecule has 1 unspecified atom stereocenters. The Morgan fingerprint density at radius 3 is 2.36 bits per heavy atom. The predicted octanol–water partition coefficient (Wildman–Crippen LogP) is 3.97. The summed E-state index contributed by atoms with van der Waals surface area (Å²) in [4.78, 5) is 36.8. The van der Waals surface area contributed by atoms with Crippen molar-refractivity contribution in [2.75, 3.05) is 5.32 Å². The Morgan fingerprint density at radius 2 is 1.75 bits per heavy atom. The summed E-state index contributed by atoms with van der Waals surface area (Å²) in [6, 6.07) is 4.61. The largest absolute Gasteiger partial charge is 0.452 e. The molecule has 0 aliphatic heterocycles. The van der Waals surface area contributed by atoms with Gasteiger partial charge in [0.1, 0.15) is 5.78 Å². The van der Waals surface area contributed by atoms with Gasteiger partial charge >= 0.3 is 12.1 Å². The smallest absolute Gasteiger partial charge is 0.418 e. The highest BCUT2D eigenvalue weighted by Gasteiger charge is 2.42. The molecule has 2 saturated carbocycles. The molecule has 1 aromatic carbocycles. The topological polar surface area (TPSA) is 72.5 Å². The highest BCUT2D eigenvalue weighted by molar-refractivity contribution is 5.96. The van der Waals surface area contributed by atoms with Gasteiger partial charge in [-0.05, 0) is 44.7 Å². The zero-order valence-corrected chi connectivity index (χ0v) is 15.4. The van der Waals surface area contributed by atoms with Crippen LogP contribution in [0, 0.1) is 17.8 Å². The Bertz CT molecular complexity index is 761. The number of nitrogens with one attached hydrogen (secondary N) is 1. The molecule has 5 nitrogen and oxygen atoms in total. The van der Waals surface area contributed by atoms with Crippen LogP contribution in [0.25, 0.3) is 0 Å². The van der Waals surface area contributed by atoms with Gasteiger partial charge in [0.2, 0.25) is 0 Å². The highest BCUT2D eigenvalue weighted by atomic mass is 19.4. The molecule has 2 aliphatic carbocycles. The zero-order chi connectivity index (χ0) is 20.5. The molecular formula is C20H22F3NO4. The molecule has 0 saturated heterocycles. The van der Waals surface area contributed by atoms with Crippen LogP contribution in [0.4, 0.5) is 18.9 Å². The molecule has 0 heterocycles. The highest BCUT2D eigenvalue weighted by Crippen LogP contribution is 2.40. The van der Waals surface area contributed by atoms with E-state index >= 15 is 0 Å². The van der Waals surface area contributed by atoms with Crippen LogP contribution in [-0.2, 0) is 25.3 Å². The quantitative estimate of drug-likeness (QED) is 0.781. The fourth-order valence-electron chi connectivity index (χ4n) is 4.07. The van der Waals surface area contributed by atoms with E-state index in [0.717, 1.165) is 31.4 Å². The molecule has 1 N–H and O–H groups in total. The van der Waals surface area contributed by atoms with Gasteiger partial charge < -0.3 is 10.1 Å². The van der Waals surface area contributed by atoms with Crippen molar-refractivity contribution in [3.05, 3.63) is 29.8 Å². The average molecular weight is 397 g/mol. The molecule has 152 valence electrons. The maximum absolute atomic E-state index is 13.0. The molecule has 2 fully saturated rings. The number of carbonyl (C=O) groups excluding carboxylic acids is 3. The summed E-state index contributed by atoms with van der Waals surface area (Å²) >= 11 is 0. The predicted molar refractivity (Wildman–Crippen MR) is 94.2 cm³/mol. The first kappa shape index (κ1) is 20.4. The summed E-state index contributed by atoms with van der Waals surface area (Å²) in [6.45, 7) is 1.32. The van der Waals surface area contributed by atoms with E-state index in [9.17, 15) is 27.6 Å². The minimum absolute atomic E-state index is 0.132. The number of para-hydroxylation sites is 1. The first-order valence-electron chi connectivity index (χ1n) is 9.38. The lowest BCUT2D eigenvalue weighted by Crippen LogP contribution is -2.41. The van der Waals surface area contributed by atoms with Gasteiger partial charge in [0, 0.05) is 11.8 Å². The van der Waals surface area contributed by atoms with Gasteiger partial charge in [-0.1, -0.05) is 18.6 Å². The van der Waals surface area contributed by atoms with Crippen LogP contribution in [0.2, 0.25) is 0 Å². The van der Waals surface area contributed by atoms with Crippen LogP contribution < -0.4 is 5.32 Å². The van der Waals surface area contributed by atoms with Gasteiger partial charge in [0.15, 0.2) is 6.10 Å². The number of hydrogen-bond acceptors (Lipinski definition) is 4. The molecule has 1 aromatic rings. The summed E-state index contributed by atoms with van der Waals surface area (Å²) in [5.41, 5.74) is -1.36. The molecular weight excluding hydrogens is 375 g/mol. The van der Waals surface area contributed by atoms with Crippen molar-refractivity contribution >= 4 is 23.3 Å². The Labute approximate surface area is 160 Å². The van der Waals surface area contributed by atoms with Crippen molar-refractivity contribution in [2.45, 2.75) is 51.3 Å². The number of fused-ring (bicyclic) bond motifs is 2. The third-order valence-corrected chi connectivity index (χ3v) is 5.53. The number of amides is 1. The summed E-state index contributed by atoms with van der Waals surface area (Å²) in [5, 5.41) is 2.18. The van der Waals surface area contributed by atoms with Crippen LogP contribution in [0.5, 0.6) is 0 Å². The normalized spacial score (nSPS) is 25.7. The van der Waals surface area contributed by atoms with Gasteiger partial charge in [-0.2, -0.15) is 13.2 Å². The number of alkyl halides is 3. The van der Waals surface area contributed by atoms with Gasteiger partial charge in [0.25, 0.3) is 5.91 Å². The number of carbonyl (C=O) groups is 3. The average Bonchev–Trinajstić information content (AvgIpc) is 2.60. The standard InChI is InChI=1S/C20H22F3NO4/c1-11(18(26)24-16-8-3-2-7-15(16)20(21,22)23)28-19(27)14-9-12-5-4-6-13(10-14)17(12)25/h2-3,7-8,11-14H,4-6,9-10H2,1H3,(H,24,26)/t11-,12-,13+,14?/m1/s1. The second-order valence-corrected chi connectivity index (χ2v) is 7.51. The van der Waals surface area contributed by atoms with Crippen LogP contribution in [0.15, 0.2) is 24.3 Å². The summed E-state index contributed by atoms with van der Waals surface area (Å²) < 4.78 is 44.3. The number of hydrogen-bond donors (Lipinski definition) is 1. The minimum atomic E-state index is -4.61. The third kappa shape index (κ3) is 4.36. The van der Waals surface area contributed by atoms with Crippen molar-refractivity contribution in [2.24, 2.45) is 17.8 Å². The first-order valence-corrected chi connectivity index (χ1v) is 9.38. The lowest BCUT2D eigenvalue weighted by Gasteiger charge is -2.36. The monoisotopic (exact) mass is 397 g/mol. The summed E-state index contributed by atoms with van der Waals surface area (Å²) in [5.74, 6) is -1.91. The molecule has 28 heavy (non-hydrogen) atoms.